The summed E-state index contributed by atoms with van der Waals surface area (Å²) in [5.74, 6) is 0.307. The van der Waals surface area contributed by atoms with E-state index in [1.165, 1.54) is 3.97 Å². The highest BCUT2D eigenvalue weighted by Crippen LogP contribution is 2.35. The van der Waals surface area contributed by atoms with E-state index in [9.17, 15) is 13.2 Å². The second kappa shape index (κ2) is 10.6. The molecule has 0 radical (unpaired) electrons. The Morgan fingerprint density at radius 1 is 1.11 bits per heavy atom. The largest absolute Gasteiger partial charge is 0.497 e. The number of ether oxygens (including phenoxy) is 2. The van der Waals surface area contributed by atoms with E-state index in [1.54, 1.807) is 73.6 Å². The number of aryl methyl sites for hydroxylation is 2. The molecule has 1 N–H and O–H groups in total. The molecule has 4 aromatic rings. The third-order valence-corrected chi connectivity index (χ3v) is 8.45. The summed E-state index contributed by atoms with van der Waals surface area (Å²) in [5.41, 5.74) is 2.96. The van der Waals surface area contributed by atoms with Crippen LogP contribution in [0.4, 0.5) is 0 Å². The first-order valence-corrected chi connectivity index (χ1v) is 13.9. The summed E-state index contributed by atoms with van der Waals surface area (Å²) in [6.45, 7) is 6.25. The summed E-state index contributed by atoms with van der Waals surface area (Å²) in [6, 6.07) is 13.7. The first-order valence-electron chi connectivity index (χ1n) is 12.4. The summed E-state index contributed by atoms with van der Waals surface area (Å²) >= 11 is 0. The summed E-state index contributed by atoms with van der Waals surface area (Å²) in [4.78, 5) is 15.3. The molecule has 38 heavy (non-hydrogen) atoms. The minimum atomic E-state index is -3.88. The van der Waals surface area contributed by atoms with Gasteiger partial charge in [-0.1, -0.05) is 17.7 Å². The van der Waals surface area contributed by atoms with Gasteiger partial charge in [0.1, 0.15) is 5.75 Å². The third-order valence-electron chi connectivity index (χ3n) is 6.76. The fourth-order valence-corrected chi connectivity index (χ4v) is 5.98. The van der Waals surface area contributed by atoms with Gasteiger partial charge in [0.25, 0.3) is 15.9 Å². The number of hydrogen-bond donors (Lipinski definition) is 1. The monoisotopic (exact) mass is 537 g/mol. The highest BCUT2D eigenvalue weighted by molar-refractivity contribution is 7.90. The molecule has 0 aliphatic carbocycles. The molecule has 5 rings (SSSR count). The van der Waals surface area contributed by atoms with Crippen molar-refractivity contribution in [3.63, 3.8) is 0 Å². The van der Waals surface area contributed by atoms with Crippen molar-refractivity contribution in [3.8, 4) is 17.0 Å². The number of benzene rings is 2. The zero-order chi connectivity index (χ0) is 26.9. The predicted octanol–water partition coefficient (Wildman–Crippen LogP) is 2.66. The van der Waals surface area contributed by atoms with Gasteiger partial charge >= 0.3 is 0 Å². The van der Waals surface area contributed by atoms with Gasteiger partial charge in [0.2, 0.25) is 0 Å². The quantitative estimate of drug-likeness (QED) is 0.368. The molecule has 1 amide bonds. The normalized spacial score (nSPS) is 14.6. The van der Waals surface area contributed by atoms with Gasteiger partial charge in [-0.3, -0.25) is 14.4 Å². The number of nitrogens with one attached hydrogen (secondary N) is 1. The van der Waals surface area contributed by atoms with Crippen LogP contribution in [0, 0.1) is 6.92 Å². The molecule has 0 spiro atoms. The number of fused-ring (bicyclic) bond motifs is 1. The average molecular weight is 538 g/mol. The Balaban J connectivity index is 1.49. The van der Waals surface area contributed by atoms with E-state index >= 15 is 0 Å². The maximum absolute atomic E-state index is 13.6. The number of aromatic nitrogens is 3. The molecular formula is C27H31N5O5S. The molecule has 1 aliphatic rings. The number of methoxy groups -OCH3 is 1. The van der Waals surface area contributed by atoms with Gasteiger partial charge in [0.15, 0.2) is 5.69 Å². The minimum Gasteiger partial charge on any atom is -0.497 e. The van der Waals surface area contributed by atoms with E-state index in [0.717, 1.165) is 25.2 Å². The SMILES string of the molecule is COc1ccc2c(c1)c(-c1cc(C(=O)NCCN3CCOCC3)nn1C)cn2S(=O)(=O)c1ccc(C)cc1. The lowest BCUT2D eigenvalue weighted by atomic mass is 10.1. The second-order valence-electron chi connectivity index (χ2n) is 9.29. The average Bonchev–Trinajstić information content (AvgIpc) is 3.50. The third kappa shape index (κ3) is 5.04. The van der Waals surface area contributed by atoms with Gasteiger partial charge in [-0.15, -0.1) is 0 Å². The van der Waals surface area contributed by atoms with E-state index in [-0.39, 0.29) is 16.5 Å². The van der Waals surface area contributed by atoms with Gasteiger partial charge in [-0.05, 0) is 43.3 Å². The maximum atomic E-state index is 13.6. The van der Waals surface area contributed by atoms with Crippen LogP contribution in [0.2, 0.25) is 0 Å². The molecule has 1 aliphatic heterocycles. The van der Waals surface area contributed by atoms with Crippen molar-refractivity contribution in [2.75, 3.05) is 46.5 Å². The lowest BCUT2D eigenvalue weighted by Gasteiger charge is -2.26. The second-order valence-corrected chi connectivity index (χ2v) is 11.1. The Morgan fingerprint density at radius 3 is 2.55 bits per heavy atom. The van der Waals surface area contributed by atoms with Crippen molar-refractivity contribution < 1.29 is 22.7 Å². The predicted molar refractivity (Wildman–Crippen MR) is 144 cm³/mol. The summed E-state index contributed by atoms with van der Waals surface area (Å²) in [5, 5.41) is 8.02. The standard InChI is InChI=1S/C27H31N5O5S/c1-19-4-7-21(8-5-19)38(34,35)32-18-23(22-16-20(36-3)6-9-25(22)32)26-17-24(29-30(26)2)27(33)28-10-11-31-12-14-37-15-13-31/h4-9,16-18H,10-15H2,1-3H3,(H,28,33). The highest BCUT2D eigenvalue weighted by Gasteiger charge is 2.24. The number of carbonyl (C=O) groups excluding carboxylic acids is 1. The molecule has 0 bridgehead atoms. The van der Waals surface area contributed by atoms with Crippen molar-refractivity contribution in [3.05, 3.63) is 66.0 Å². The molecule has 10 nitrogen and oxygen atoms in total. The molecule has 2 aromatic heterocycles. The summed E-state index contributed by atoms with van der Waals surface area (Å²) in [6.07, 6.45) is 1.58. The molecule has 0 unspecified atom stereocenters. The number of amides is 1. The van der Waals surface area contributed by atoms with Crippen LogP contribution in [0.5, 0.6) is 5.75 Å². The lowest BCUT2D eigenvalue weighted by Crippen LogP contribution is -2.41. The number of carbonyl (C=O) groups is 1. The first kappa shape index (κ1) is 26.0. The molecular weight excluding hydrogens is 506 g/mol. The van der Waals surface area contributed by atoms with Crippen LogP contribution in [0.25, 0.3) is 22.2 Å². The zero-order valence-corrected chi connectivity index (χ0v) is 22.5. The Hall–Kier alpha value is -3.67. The van der Waals surface area contributed by atoms with Crippen LogP contribution in [0.3, 0.4) is 0 Å². The van der Waals surface area contributed by atoms with Crippen molar-refractivity contribution in [2.24, 2.45) is 7.05 Å². The van der Waals surface area contributed by atoms with Crippen LogP contribution in [-0.4, -0.2) is 79.5 Å². The Kier molecular flexibility index (Phi) is 7.24. The lowest BCUT2D eigenvalue weighted by molar-refractivity contribution is 0.0383. The first-order chi connectivity index (χ1) is 18.3. The van der Waals surface area contributed by atoms with E-state index in [4.69, 9.17) is 9.47 Å². The Morgan fingerprint density at radius 2 is 1.84 bits per heavy atom. The van der Waals surface area contributed by atoms with E-state index in [2.05, 4.69) is 15.3 Å². The fourth-order valence-electron chi connectivity index (χ4n) is 4.61. The Bertz CT molecular complexity index is 1570. The number of rotatable bonds is 8. The fraction of sp³-hybridized carbons (Fsp3) is 0.333. The van der Waals surface area contributed by atoms with Gasteiger partial charge in [-0.25, -0.2) is 12.4 Å². The highest BCUT2D eigenvalue weighted by atomic mass is 32.2. The molecule has 0 atom stereocenters. The van der Waals surface area contributed by atoms with Crippen molar-refractivity contribution in [2.45, 2.75) is 11.8 Å². The van der Waals surface area contributed by atoms with Crippen LogP contribution in [0.1, 0.15) is 16.1 Å². The number of nitrogens with zero attached hydrogens (tertiary/aromatic N) is 4. The zero-order valence-electron chi connectivity index (χ0n) is 21.7. The van der Waals surface area contributed by atoms with Crippen LogP contribution in [0.15, 0.2) is 59.6 Å². The molecule has 1 saturated heterocycles. The Labute approximate surface area is 221 Å². The molecule has 1 fully saturated rings. The summed E-state index contributed by atoms with van der Waals surface area (Å²) in [7, 11) is -0.587. The molecule has 200 valence electrons. The number of hydrogen-bond acceptors (Lipinski definition) is 7. The topological polar surface area (TPSA) is 108 Å². The van der Waals surface area contributed by atoms with Crippen LogP contribution < -0.4 is 10.1 Å². The van der Waals surface area contributed by atoms with Crippen molar-refractivity contribution in [1.29, 1.82) is 0 Å². The molecule has 0 saturated carbocycles. The molecule has 11 heteroatoms. The van der Waals surface area contributed by atoms with Crippen molar-refractivity contribution >= 4 is 26.8 Å². The number of morpholine rings is 1. The maximum Gasteiger partial charge on any atom is 0.271 e. The van der Waals surface area contributed by atoms with Gasteiger partial charge in [0.05, 0.1) is 36.4 Å². The van der Waals surface area contributed by atoms with Gasteiger partial charge in [-0.2, -0.15) is 5.10 Å². The molecule has 3 heterocycles. The van der Waals surface area contributed by atoms with E-state index in [1.807, 2.05) is 6.92 Å². The molecule has 2 aromatic carbocycles. The van der Waals surface area contributed by atoms with Crippen molar-refractivity contribution in [1.82, 2.24) is 24.0 Å². The van der Waals surface area contributed by atoms with Crippen LogP contribution >= 0.6 is 0 Å². The minimum absolute atomic E-state index is 0.188. The smallest absolute Gasteiger partial charge is 0.271 e. The summed E-state index contributed by atoms with van der Waals surface area (Å²) < 4.78 is 40.9. The van der Waals surface area contributed by atoms with E-state index in [0.29, 0.717) is 47.7 Å². The van der Waals surface area contributed by atoms with Crippen LogP contribution in [-0.2, 0) is 21.8 Å². The van der Waals surface area contributed by atoms with Gasteiger partial charge in [0, 0.05) is 50.4 Å². The van der Waals surface area contributed by atoms with E-state index < -0.39 is 10.0 Å². The van der Waals surface area contributed by atoms with Gasteiger partial charge < -0.3 is 14.8 Å².